The van der Waals surface area contributed by atoms with Gasteiger partial charge in [-0.05, 0) is 50.6 Å². The van der Waals surface area contributed by atoms with Crippen LogP contribution < -0.4 is 10.5 Å². The Hall–Kier alpha value is -0.770. The van der Waals surface area contributed by atoms with Crippen molar-refractivity contribution in [1.29, 1.82) is 0 Å². The summed E-state index contributed by atoms with van der Waals surface area (Å²) in [4.78, 5) is 0. The Bertz CT molecular complexity index is 342. The average Bonchev–Trinajstić information content (AvgIpc) is 2.22. The first-order valence-electron chi connectivity index (χ1n) is 5.35. The number of halogens is 1. The maximum Gasteiger partial charge on any atom is 0.125 e. The smallest absolute Gasteiger partial charge is 0.125 e. The van der Waals surface area contributed by atoms with E-state index in [4.69, 9.17) is 22.1 Å². The van der Waals surface area contributed by atoms with E-state index in [1.165, 1.54) is 0 Å². The zero-order chi connectivity index (χ0) is 12.1. The summed E-state index contributed by atoms with van der Waals surface area (Å²) in [5.74, 6) is 0.709. The molecule has 0 radical (unpaired) electrons. The van der Waals surface area contributed by atoms with E-state index in [0.717, 1.165) is 5.56 Å². The average molecular weight is 244 g/mol. The Morgan fingerprint density at radius 3 is 2.69 bits per heavy atom. The number of rotatable bonds is 5. The number of hydrogen-bond acceptors (Lipinski definition) is 3. The summed E-state index contributed by atoms with van der Waals surface area (Å²) in [5.41, 5.74) is 6.42. The predicted molar refractivity (Wildman–Crippen MR) is 66.0 cm³/mol. The molecule has 0 spiro atoms. The van der Waals surface area contributed by atoms with Crippen LogP contribution in [0, 0.1) is 6.92 Å². The molecule has 0 aliphatic heterocycles. The zero-order valence-corrected chi connectivity index (χ0v) is 10.4. The van der Waals surface area contributed by atoms with Crippen molar-refractivity contribution in [3.05, 3.63) is 28.8 Å². The first kappa shape index (κ1) is 13.3. The van der Waals surface area contributed by atoms with E-state index in [1.54, 1.807) is 19.1 Å². The molecule has 0 bridgehead atoms. The second-order valence-corrected chi connectivity index (χ2v) is 4.29. The van der Waals surface area contributed by atoms with Crippen LogP contribution >= 0.6 is 11.6 Å². The van der Waals surface area contributed by atoms with Gasteiger partial charge in [-0.15, -0.1) is 0 Å². The molecule has 1 aromatic rings. The molecule has 0 aliphatic rings. The molecule has 0 fully saturated rings. The van der Waals surface area contributed by atoms with Crippen LogP contribution in [-0.4, -0.2) is 23.9 Å². The molecule has 0 amide bonds. The van der Waals surface area contributed by atoms with Crippen LogP contribution in [0.4, 0.5) is 0 Å². The molecule has 1 aromatic carbocycles. The number of hydrogen-bond donors (Lipinski definition) is 2. The minimum absolute atomic E-state index is 0.273. The lowest BCUT2D eigenvalue weighted by Crippen LogP contribution is -2.31. The summed E-state index contributed by atoms with van der Waals surface area (Å²) < 4.78 is 5.66. The van der Waals surface area contributed by atoms with Gasteiger partial charge in [0.2, 0.25) is 0 Å². The van der Waals surface area contributed by atoms with Crippen LogP contribution in [0.25, 0.3) is 0 Å². The van der Waals surface area contributed by atoms with Crippen molar-refractivity contribution in [2.45, 2.75) is 32.5 Å². The highest BCUT2D eigenvalue weighted by Crippen LogP contribution is 2.22. The second kappa shape index (κ2) is 6.09. The predicted octanol–water partition coefficient (Wildman–Crippen LogP) is 2.13. The molecule has 3 nitrogen and oxygen atoms in total. The van der Waals surface area contributed by atoms with Gasteiger partial charge in [0.05, 0.1) is 6.10 Å². The Morgan fingerprint density at radius 2 is 2.19 bits per heavy atom. The van der Waals surface area contributed by atoms with Gasteiger partial charge in [0.25, 0.3) is 0 Å². The van der Waals surface area contributed by atoms with Crippen LogP contribution in [0.1, 0.15) is 18.9 Å². The van der Waals surface area contributed by atoms with E-state index in [-0.39, 0.29) is 6.10 Å². The summed E-state index contributed by atoms with van der Waals surface area (Å²) >= 11 is 5.92. The van der Waals surface area contributed by atoms with Gasteiger partial charge in [-0.3, -0.25) is 0 Å². The largest absolute Gasteiger partial charge is 0.488 e. The number of aryl methyl sites for hydroxylation is 1. The van der Waals surface area contributed by atoms with E-state index < -0.39 is 6.10 Å². The van der Waals surface area contributed by atoms with Crippen molar-refractivity contribution in [1.82, 2.24) is 0 Å². The highest BCUT2D eigenvalue weighted by atomic mass is 35.5. The van der Waals surface area contributed by atoms with Gasteiger partial charge in [0.15, 0.2) is 0 Å². The highest BCUT2D eigenvalue weighted by molar-refractivity contribution is 6.31. The van der Waals surface area contributed by atoms with Gasteiger partial charge in [-0.2, -0.15) is 0 Å². The second-order valence-electron chi connectivity index (χ2n) is 3.89. The van der Waals surface area contributed by atoms with Crippen LogP contribution in [0.5, 0.6) is 5.75 Å². The fraction of sp³-hybridized carbons (Fsp3) is 0.500. The van der Waals surface area contributed by atoms with Crippen molar-refractivity contribution in [3.63, 3.8) is 0 Å². The summed E-state index contributed by atoms with van der Waals surface area (Å²) in [5, 5.41) is 10.2. The molecule has 0 saturated heterocycles. The molecule has 90 valence electrons. The standard InChI is InChI=1S/C12H18ClNO2/c1-8-7-10(3-4-11(8)13)16-12(5-6-14)9(2)15/h3-4,7,9,12,15H,5-6,14H2,1-2H3. The molecule has 0 aromatic heterocycles. The van der Waals surface area contributed by atoms with Crippen LogP contribution in [0.15, 0.2) is 18.2 Å². The lowest BCUT2D eigenvalue weighted by molar-refractivity contribution is 0.0449. The monoisotopic (exact) mass is 243 g/mol. The first-order valence-corrected chi connectivity index (χ1v) is 5.73. The SMILES string of the molecule is Cc1cc(OC(CCN)C(C)O)ccc1Cl. The third-order valence-electron chi connectivity index (χ3n) is 2.41. The minimum atomic E-state index is -0.542. The maximum atomic E-state index is 9.52. The Labute approximate surface area is 101 Å². The summed E-state index contributed by atoms with van der Waals surface area (Å²) in [7, 11) is 0. The van der Waals surface area contributed by atoms with Crippen molar-refractivity contribution in [2.24, 2.45) is 5.73 Å². The normalized spacial score (nSPS) is 14.6. The van der Waals surface area contributed by atoms with E-state index >= 15 is 0 Å². The third kappa shape index (κ3) is 3.67. The van der Waals surface area contributed by atoms with E-state index in [1.807, 2.05) is 13.0 Å². The molecule has 0 aliphatic carbocycles. The molecule has 2 atom stereocenters. The minimum Gasteiger partial charge on any atom is -0.488 e. The Balaban J connectivity index is 2.73. The van der Waals surface area contributed by atoms with Crippen molar-refractivity contribution < 1.29 is 9.84 Å². The van der Waals surface area contributed by atoms with Crippen molar-refractivity contribution in [3.8, 4) is 5.75 Å². The molecule has 3 N–H and O–H groups in total. The van der Waals surface area contributed by atoms with Crippen LogP contribution in [0.3, 0.4) is 0 Å². The fourth-order valence-electron chi connectivity index (χ4n) is 1.43. The number of benzene rings is 1. The van der Waals surface area contributed by atoms with Gasteiger partial charge in [0, 0.05) is 5.02 Å². The van der Waals surface area contributed by atoms with Crippen LogP contribution in [-0.2, 0) is 0 Å². The van der Waals surface area contributed by atoms with E-state index in [2.05, 4.69) is 0 Å². The molecular weight excluding hydrogens is 226 g/mol. The van der Waals surface area contributed by atoms with Gasteiger partial charge in [-0.25, -0.2) is 0 Å². The third-order valence-corrected chi connectivity index (χ3v) is 2.83. The summed E-state index contributed by atoms with van der Waals surface area (Å²) in [6.07, 6.45) is -0.190. The number of nitrogens with two attached hydrogens (primary N) is 1. The molecule has 1 rings (SSSR count). The van der Waals surface area contributed by atoms with Crippen molar-refractivity contribution in [2.75, 3.05) is 6.54 Å². The molecule has 16 heavy (non-hydrogen) atoms. The van der Waals surface area contributed by atoms with E-state index in [9.17, 15) is 5.11 Å². The Kier molecular flexibility index (Phi) is 5.06. The highest BCUT2D eigenvalue weighted by Gasteiger charge is 2.16. The van der Waals surface area contributed by atoms with Crippen molar-refractivity contribution >= 4 is 11.6 Å². The van der Waals surface area contributed by atoms with E-state index in [0.29, 0.717) is 23.7 Å². The first-order chi connectivity index (χ1) is 7.54. The van der Waals surface area contributed by atoms with Gasteiger partial charge >= 0.3 is 0 Å². The lowest BCUT2D eigenvalue weighted by atomic mass is 10.1. The topological polar surface area (TPSA) is 55.5 Å². The number of aliphatic hydroxyl groups is 1. The summed E-state index contributed by atoms with van der Waals surface area (Å²) in [6.45, 7) is 4.10. The Morgan fingerprint density at radius 1 is 1.50 bits per heavy atom. The molecule has 0 heterocycles. The number of ether oxygens (including phenoxy) is 1. The molecule has 2 unspecified atom stereocenters. The molecular formula is C12H18ClNO2. The maximum absolute atomic E-state index is 9.52. The summed E-state index contributed by atoms with van der Waals surface area (Å²) in [6, 6.07) is 5.43. The molecule has 0 saturated carbocycles. The zero-order valence-electron chi connectivity index (χ0n) is 9.61. The van der Waals surface area contributed by atoms with Gasteiger partial charge in [-0.1, -0.05) is 11.6 Å². The molecule has 4 heteroatoms. The number of aliphatic hydroxyl groups excluding tert-OH is 1. The fourth-order valence-corrected chi connectivity index (χ4v) is 1.55. The quantitative estimate of drug-likeness (QED) is 0.833. The van der Waals surface area contributed by atoms with Gasteiger partial charge in [0.1, 0.15) is 11.9 Å². The van der Waals surface area contributed by atoms with Crippen LogP contribution in [0.2, 0.25) is 5.02 Å². The lowest BCUT2D eigenvalue weighted by Gasteiger charge is -2.21. The van der Waals surface area contributed by atoms with Gasteiger partial charge < -0.3 is 15.6 Å².